The minimum atomic E-state index is 0.668. The summed E-state index contributed by atoms with van der Waals surface area (Å²) < 4.78 is 0. The van der Waals surface area contributed by atoms with E-state index in [0.29, 0.717) is 11.8 Å². The maximum Gasteiger partial charge on any atom is 0.00719 e. The van der Waals surface area contributed by atoms with Crippen molar-refractivity contribution in [1.82, 2.24) is 0 Å². The molecule has 1 nitrogen and oxygen atoms in total. The molecule has 0 bridgehead atoms. The molecule has 0 aliphatic carbocycles. The molecule has 1 atom stereocenters. The topological polar surface area (TPSA) is 26.0 Å². The molecule has 0 aromatic heterocycles. The molecule has 1 aromatic carbocycles. The minimum absolute atomic E-state index is 0.668. The SMILES string of the molecule is CC(C)C(CN)CCSc1ccccc1. The maximum absolute atomic E-state index is 5.74. The summed E-state index contributed by atoms with van der Waals surface area (Å²) in [6.45, 7) is 5.32. The van der Waals surface area contributed by atoms with Gasteiger partial charge in [-0.2, -0.15) is 0 Å². The Labute approximate surface area is 97.4 Å². The summed E-state index contributed by atoms with van der Waals surface area (Å²) in [7, 11) is 0. The lowest BCUT2D eigenvalue weighted by Gasteiger charge is -2.18. The molecule has 0 amide bonds. The molecule has 0 heterocycles. The van der Waals surface area contributed by atoms with Crippen LogP contribution in [0.4, 0.5) is 0 Å². The monoisotopic (exact) mass is 223 g/mol. The van der Waals surface area contributed by atoms with Crippen LogP contribution in [0, 0.1) is 11.8 Å². The van der Waals surface area contributed by atoms with Crippen molar-refractivity contribution in [2.75, 3.05) is 12.3 Å². The van der Waals surface area contributed by atoms with Crippen LogP contribution in [0.1, 0.15) is 20.3 Å². The molecule has 1 rings (SSSR count). The Balaban J connectivity index is 2.27. The minimum Gasteiger partial charge on any atom is -0.330 e. The van der Waals surface area contributed by atoms with Gasteiger partial charge in [-0.1, -0.05) is 32.0 Å². The van der Waals surface area contributed by atoms with Crippen LogP contribution in [0.5, 0.6) is 0 Å². The summed E-state index contributed by atoms with van der Waals surface area (Å²) in [5.41, 5.74) is 5.74. The van der Waals surface area contributed by atoms with Crippen molar-refractivity contribution in [2.24, 2.45) is 17.6 Å². The molecule has 84 valence electrons. The lowest BCUT2D eigenvalue weighted by atomic mass is 9.94. The highest BCUT2D eigenvalue weighted by Gasteiger charge is 2.10. The third kappa shape index (κ3) is 4.72. The number of rotatable bonds is 6. The van der Waals surface area contributed by atoms with Crippen LogP contribution in [0.15, 0.2) is 35.2 Å². The number of nitrogens with two attached hydrogens (primary N) is 1. The molecule has 1 unspecified atom stereocenters. The lowest BCUT2D eigenvalue weighted by Crippen LogP contribution is -2.20. The van der Waals surface area contributed by atoms with Crippen molar-refractivity contribution < 1.29 is 0 Å². The van der Waals surface area contributed by atoms with Crippen molar-refractivity contribution in [3.63, 3.8) is 0 Å². The van der Waals surface area contributed by atoms with E-state index in [9.17, 15) is 0 Å². The van der Waals surface area contributed by atoms with E-state index >= 15 is 0 Å². The second-order valence-electron chi connectivity index (χ2n) is 4.19. The van der Waals surface area contributed by atoms with Crippen LogP contribution in [-0.2, 0) is 0 Å². The standard InChI is InChI=1S/C13H21NS/c1-11(2)12(10-14)8-9-15-13-6-4-3-5-7-13/h3-7,11-12H,8-10,14H2,1-2H3. The summed E-state index contributed by atoms with van der Waals surface area (Å²) >= 11 is 1.93. The van der Waals surface area contributed by atoms with Crippen molar-refractivity contribution in [3.8, 4) is 0 Å². The van der Waals surface area contributed by atoms with Crippen LogP contribution >= 0.6 is 11.8 Å². The Hall–Kier alpha value is -0.470. The zero-order valence-corrected chi connectivity index (χ0v) is 10.5. The zero-order valence-electron chi connectivity index (χ0n) is 9.65. The molecule has 0 aliphatic heterocycles. The number of hydrogen-bond donors (Lipinski definition) is 1. The fourth-order valence-corrected chi connectivity index (χ4v) is 2.57. The first-order valence-corrected chi connectivity index (χ1v) is 6.60. The summed E-state index contributed by atoms with van der Waals surface area (Å²) in [6.07, 6.45) is 1.22. The zero-order chi connectivity index (χ0) is 11.1. The van der Waals surface area contributed by atoms with Gasteiger partial charge in [-0.05, 0) is 42.7 Å². The number of benzene rings is 1. The largest absolute Gasteiger partial charge is 0.330 e. The molecule has 0 saturated heterocycles. The molecule has 2 heteroatoms. The first kappa shape index (κ1) is 12.6. The Morgan fingerprint density at radius 1 is 1.20 bits per heavy atom. The average molecular weight is 223 g/mol. The molecule has 1 aromatic rings. The van der Waals surface area contributed by atoms with E-state index in [1.807, 2.05) is 11.8 Å². The van der Waals surface area contributed by atoms with Gasteiger partial charge in [0, 0.05) is 4.90 Å². The van der Waals surface area contributed by atoms with Gasteiger partial charge in [-0.3, -0.25) is 0 Å². The number of hydrogen-bond acceptors (Lipinski definition) is 2. The predicted molar refractivity (Wildman–Crippen MR) is 69.2 cm³/mol. The molecule has 0 aliphatic rings. The maximum atomic E-state index is 5.74. The Morgan fingerprint density at radius 2 is 1.87 bits per heavy atom. The van der Waals surface area contributed by atoms with Gasteiger partial charge in [0.25, 0.3) is 0 Å². The van der Waals surface area contributed by atoms with E-state index in [2.05, 4.69) is 44.2 Å². The molecule has 0 radical (unpaired) electrons. The van der Waals surface area contributed by atoms with Gasteiger partial charge in [0.2, 0.25) is 0 Å². The molecule has 0 fully saturated rings. The van der Waals surface area contributed by atoms with Crippen molar-refractivity contribution in [2.45, 2.75) is 25.2 Å². The summed E-state index contributed by atoms with van der Waals surface area (Å²) in [4.78, 5) is 1.36. The van der Waals surface area contributed by atoms with E-state index in [0.717, 1.165) is 6.54 Å². The van der Waals surface area contributed by atoms with Gasteiger partial charge in [-0.15, -0.1) is 11.8 Å². The van der Waals surface area contributed by atoms with E-state index in [-0.39, 0.29) is 0 Å². The molecule has 2 N–H and O–H groups in total. The van der Waals surface area contributed by atoms with Crippen LogP contribution in [0.25, 0.3) is 0 Å². The Kier molecular flexibility index (Phi) is 5.81. The average Bonchev–Trinajstić information content (AvgIpc) is 2.25. The van der Waals surface area contributed by atoms with E-state index in [4.69, 9.17) is 5.73 Å². The van der Waals surface area contributed by atoms with Gasteiger partial charge in [0.15, 0.2) is 0 Å². The summed E-state index contributed by atoms with van der Waals surface area (Å²) in [6, 6.07) is 10.6. The first-order chi connectivity index (χ1) is 7.24. The van der Waals surface area contributed by atoms with Crippen molar-refractivity contribution in [3.05, 3.63) is 30.3 Å². The Bertz CT molecular complexity index is 258. The molecular weight excluding hydrogens is 202 g/mol. The van der Waals surface area contributed by atoms with Crippen molar-refractivity contribution >= 4 is 11.8 Å². The summed E-state index contributed by atoms with van der Waals surface area (Å²) in [5.74, 6) is 2.54. The second kappa shape index (κ2) is 6.91. The van der Waals surface area contributed by atoms with Crippen LogP contribution in [0.2, 0.25) is 0 Å². The van der Waals surface area contributed by atoms with Gasteiger partial charge < -0.3 is 5.73 Å². The molecule has 0 saturated carbocycles. The second-order valence-corrected chi connectivity index (χ2v) is 5.36. The third-order valence-electron chi connectivity index (χ3n) is 2.75. The predicted octanol–water partition coefficient (Wildman–Crippen LogP) is 3.40. The quantitative estimate of drug-likeness (QED) is 0.748. The van der Waals surface area contributed by atoms with Crippen LogP contribution < -0.4 is 5.73 Å². The number of thioether (sulfide) groups is 1. The van der Waals surface area contributed by atoms with E-state index in [1.165, 1.54) is 17.1 Å². The van der Waals surface area contributed by atoms with Crippen LogP contribution in [0.3, 0.4) is 0 Å². The first-order valence-electron chi connectivity index (χ1n) is 5.62. The van der Waals surface area contributed by atoms with Gasteiger partial charge >= 0.3 is 0 Å². The fraction of sp³-hybridized carbons (Fsp3) is 0.538. The van der Waals surface area contributed by atoms with Gasteiger partial charge in [0.1, 0.15) is 0 Å². The van der Waals surface area contributed by atoms with Crippen molar-refractivity contribution in [1.29, 1.82) is 0 Å². The third-order valence-corrected chi connectivity index (χ3v) is 3.79. The highest BCUT2D eigenvalue weighted by molar-refractivity contribution is 7.99. The smallest absolute Gasteiger partial charge is 0.00719 e. The van der Waals surface area contributed by atoms with Crippen LogP contribution in [-0.4, -0.2) is 12.3 Å². The fourth-order valence-electron chi connectivity index (χ4n) is 1.57. The van der Waals surface area contributed by atoms with Gasteiger partial charge in [0.05, 0.1) is 0 Å². The highest BCUT2D eigenvalue weighted by Crippen LogP contribution is 2.22. The lowest BCUT2D eigenvalue weighted by molar-refractivity contribution is 0.385. The normalized spacial score (nSPS) is 13.1. The molecular formula is C13H21NS. The van der Waals surface area contributed by atoms with Gasteiger partial charge in [-0.25, -0.2) is 0 Å². The summed E-state index contributed by atoms with van der Waals surface area (Å²) in [5, 5.41) is 0. The molecule has 0 spiro atoms. The van der Waals surface area contributed by atoms with E-state index < -0.39 is 0 Å². The van der Waals surface area contributed by atoms with E-state index in [1.54, 1.807) is 0 Å². The molecule has 15 heavy (non-hydrogen) atoms. The highest BCUT2D eigenvalue weighted by atomic mass is 32.2. The Morgan fingerprint density at radius 3 is 2.40 bits per heavy atom.